The third-order valence-corrected chi connectivity index (χ3v) is 5.03. The summed E-state index contributed by atoms with van der Waals surface area (Å²) in [6.07, 6.45) is -1.15. The van der Waals surface area contributed by atoms with Gasteiger partial charge in [-0.2, -0.15) is 8.42 Å². The molecule has 1 fully saturated rings. The van der Waals surface area contributed by atoms with Crippen molar-refractivity contribution < 1.29 is 41.7 Å². The average molecular weight is 437 g/mol. The first-order valence-electron chi connectivity index (χ1n) is 7.25. The van der Waals surface area contributed by atoms with Crippen molar-refractivity contribution in [3.8, 4) is 0 Å². The Bertz CT molecular complexity index is 912. The number of oxime groups is 1. The van der Waals surface area contributed by atoms with Gasteiger partial charge in [0.2, 0.25) is 0 Å². The Hall–Kier alpha value is -2.98. The number of β-lactam (4-membered cyclic amide) rings is 1. The van der Waals surface area contributed by atoms with Crippen molar-refractivity contribution in [2.75, 3.05) is 26.6 Å². The Balaban J connectivity index is 2.21. The van der Waals surface area contributed by atoms with Gasteiger partial charge in [-0.25, -0.2) is 14.1 Å². The van der Waals surface area contributed by atoms with Crippen LogP contribution in [0.3, 0.4) is 0 Å². The molecule has 16 heteroatoms. The molecule has 0 unspecified atom stereocenters. The van der Waals surface area contributed by atoms with Crippen LogP contribution in [-0.2, 0) is 34.2 Å². The van der Waals surface area contributed by atoms with E-state index in [-0.39, 0.29) is 20.8 Å². The normalized spacial score (nSPS) is 19.6. The second-order valence-corrected chi connectivity index (χ2v) is 7.27. The fraction of sp³-hybridized carbons (Fsp3) is 0.417. The Morgan fingerprint density at radius 1 is 1.46 bits per heavy atom. The van der Waals surface area contributed by atoms with Crippen LogP contribution in [0.25, 0.3) is 0 Å². The number of ether oxygens (including phenoxy) is 2. The molecule has 1 aliphatic heterocycles. The van der Waals surface area contributed by atoms with Crippen LogP contribution in [0.1, 0.15) is 5.69 Å². The van der Waals surface area contributed by atoms with Crippen molar-refractivity contribution in [2.24, 2.45) is 5.16 Å². The Morgan fingerprint density at radius 3 is 2.64 bits per heavy atom. The van der Waals surface area contributed by atoms with Crippen molar-refractivity contribution in [1.82, 2.24) is 14.6 Å². The molecule has 1 aliphatic rings. The molecule has 4 N–H and O–H groups in total. The molecular weight excluding hydrogens is 422 g/mol. The van der Waals surface area contributed by atoms with Gasteiger partial charge in [-0.05, 0) is 0 Å². The molecule has 2 amide bonds. The molecule has 0 aliphatic carbocycles. The number of hydrogen-bond donors (Lipinski definition) is 3. The van der Waals surface area contributed by atoms with E-state index in [4.69, 9.17) is 10.3 Å². The van der Waals surface area contributed by atoms with E-state index in [1.54, 1.807) is 0 Å². The van der Waals surface area contributed by atoms with E-state index in [1.165, 1.54) is 12.5 Å². The van der Waals surface area contributed by atoms with Crippen LogP contribution in [0, 0.1) is 0 Å². The summed E-state index contributed by atoms with van der Waals surface area (Å²) in [6, 6.07) is -2.85. The minimum Gasteiger partial charge on any atom is -0.438 e. The van der Waals surface area contributed by atoms with E-state index >= 15 is 0 Å². The molecule has 1 aromatic rings. The van der Waals surface area contributed by atoms with Gasteiger partial charge in [-0.15, -0.1) is 11.3 Å². The lowest BCUT2D eigenvalue weighted by Gasteiger charge is -2.43. The van der Waals surface area contributed by atoms with Crippen molar-refractivity contribution in [1.29, 1.82) is 0 Å². The minimum atomic E-state index is -4.95. The predicted octanol–water partition coefficient (Wildman–Crippen LogP) is -1.64. The number of thiazole rings is 1. The van der Waals surface area contributed by atoms with Crippen LogP contribution in [0.15, 0.2) is 10.5 Å². The summed E-state index contributed by atoms with van der Waals surface area (Å²) in [5, 5.41) is 7.31. The smallest absolute Gasteiger partial charge is 0.438 e. The molecule has 0 saturated carbocycles. The lowest BCUT2D eigenvalue weighted by atomic mass is 9.99. The number of anilines is 1. The maximum atomic E-state index is 12.5. The fourth-order valence-corrected chi connectivity index (χ4v) is 3.65. The van der Waals surface area contributed by atoms with E-state index in [0.29, 0.717) is 0 Å². The predicted molar refractivity (Wildman–Crippen MR) is 92.5 cm³/mol. The van der Waals surface area contributed by atoms with Gasteiger partial charge < -0.3 is 25.4 Å². The molecule has 0 spiro atoms. The molecule has 1 saturated heterocycles. The highest BCUT2D eigenvalue weighted by atomic mass is 32.2. The van der Waals surface area contributed by atoms with Crippen LogP contribution in [0.4, 0.5) is 9.93 Å². The summed E-state index contributed by atoms with van der Waals surface area (Å²) in [7, 11) is -2.76. The number of hydrogen-bond acceptors (Lipinski definition) is 12. The maximum absolute atomic E-state index is 12.5. The van der Waals surface area contributed by atoms with Gasteiger partial charge in [0.15, 0.2) is 10.8 Å². The van der Waals surface area contributed by atoms with Crippen molar-refractivity contribution in [3.05, 3.63) is 11.1 Å². The molecule has 0 aromatic carbocycles. The van der Waals surface area contributed by atoms with Crippen molar-refractivity contribution >= 4 is 50.5 Å². The number of nitrogens with one attached hydrogen (secondary N) is 1. The number of nitrogen functional groups attached to an aromatic ring is 1. The van der Waals surface area contributed by atoms with Gasteiger partial charge in [-0.1, -0.05) is 5.16 Å². The molecule has 14 nitrogen and oxygen atoms in total. The maximum Gasteiger partial charge on any atom is 0.508 e. The first-order valence-corrected chi connectivity index (χ1v) is 9.52. The quantitative estimate of drug-likeness (QED) is 0.145. The zero-order chi connectivity index (χ0) is 21.1. The fourth-order valence-electron chi connectivity index (χ4n) is 2.24. The Labute approximate surface area is 162 Å². The number of rotatable bonds is 7. The number of methoxy groups -OCH3 is 1. The number of nitrogens with zero attached hydrogens (tertiary/aromatic N) is 3. The second-order valence-electron chi connectivity index (χ2n) is 5.09. The first-order chi connectivity index (χ1) is 13.1. The van der Waals surface area contributed by atoms with Gasteiger partial charge >= 0.3 is 16.5 Å². The highest BCUT2D eigenvalue weighted by Gasteiger charge is 2.55. The lowest BCUT2D eigenvalue weighted by Crippen LogP contribution is -2.73. The van der Waals surface area contributed by atoms with Gasteiger partial charge in [0.25, 0.3) is 11.8 Å². The standard InChI is InChI=1S/C12H15N5O9S2/c1-24-12(20)26-3-6-8(10(19)17(6)28(21,22)23)15-9(18)7(16-25-2)5-4-27-11(13)14-5/h4,6,8H,3H2,1-2H3,(H2,13,14)(H,15,18)(H,21,22,23)/b16-7-/t6-,8+/m1/s1. The Morgan fingerprint density at radius 2 is 2.14 bits per heavy atom. The van der Waals surface area contributed by atoms with Crippen LogP contribution in [0.5, 0.6) is 0 Å². The molecule has 2 rings (SSSR count). The number of aromatic nitrogens is 1. The highest BCUT2D eigenvalue weighted by Crippen LogP contribution is 2.24. The van der Waals surface area contributed by atoms with E-state index in [1.807, 2.05) is 0 Å². The Kier molecular flexibility index (Phi) is 6.37. The molecule has 0 bridgehead atoms. The molecule has 1 aromatic heterocycles. The average Bonchev–Trinajstić information content (AvgIpc) is 3.04. The van der Waals surface area contributed by atoms with Crippen LogP contribution >= 0.6 is 11.3 Å². The molecule has 28 heavy (non-hydrogen) atoms. The monoisotopic (exact) mass is 437 g/mol. The largest absolute Gasteiger partial charge is 0.508 e. The van der Waals surface area contributed by atoms with Crippen molar-refractivity contribution in [2.45, 2.75) is 12.1 Å². The summed E-state index contributed by atoms with van der Waals surface area (Å²) < 4.78 is 40.8. The molecule has 0 radical (unpaired) electrons. The summed E-state index contributed by atoms with van der Waals surface area (Å²) in [4.78, 5) is 44.1. The minimum absolute atomic E-state index is 0.0580. The van der Waals surface area contributed by atoms with Gasteiger partial charge in [0.05, 0.1) is 7.11 Å². The number of nitrogens with two attached hydrogens (primary N) is 1. The molecule has 154 valence electrons. The first kappa shape index (κ1) is 21.3. The summed E-state index contributed by atoms with van der Waals surface area (Å²) in [6.45, 7) is -0.677. The van der Waals surface area contributed by atoms with Crippen LogP contribution in [-0.4, -0.2) is 78.9 Å². The number of carbonyl (C=O) groups excluding carboxylic acids is 3. The SMILES string of the molecule is CO/N=C(\C(=O)N[C@@H]1C(=O)N(S(=O)(=O)O)[C@@H]1COC(=O)OC)c1csc(N)n1. The van der Waals surface area contributed by atoms with E-state index in [2.05, 4.69) is 29.8 Å². The van der Waals surface area contributed by atoms with Crippen LogP contribution in [0.2, 0.25) is 0 Å². The van der Waals surface area contributed by atoms with E-state index < -0.39 is 47.0 Å². The van der Waals surface area contributed by atoms with Gasteiger partial charge in [-0.3, -0.25) is 14.1 Å². The highest BCUT2D eigenvalue weighted by molar-refractivity contribution is 7.84. The summed E-state index contributed by atoms with van der Waals surface area (Å²) >= 11 is 1.02. The zero-order valence-corrected chi connectivity index (χ0v) is 16.0. The second kappa shape index (κ2) is 8.36. The van der Waals surface area contributed by atoms with Gasteiger partial charge in [0, 0.05) is 5.38 Å². The van der Waals surface area contributed by atoms with Gasteiger partial charge in [0.1, 0.15) is 31.5 Å². The van der Waals surface area contributed by atoms with Crippen LogP contribution < -0.4 is 11.1 Å². The molecule has 2 atom stereocenters. The molecular formula is C12H15N5O9S2. The lowest BCUT2D eigenvalue weighted by molar-refractivity contribution is -0.147. The van der Waals surface area contributed by atoms with E-state index in [0.717, 1.165) is 18.4 Å². The number of carbonyl (C=O) groups is 3. The summed E-state index contributed by atoms with van der Waals surface area (Å²) in [5.74, 6) is -2.09. The van der Waals surface area contributed by atoms with Crippen molar-refractivity contribution in [3.63, 3.8) is 0 Å². The van der Waals surface area contributed by atoms with E-state index in [9.17, 15) is 22.8 Å². The third kappa shape index (κ3) is 4.46. The summed E-state index contributed by atoms with van der Waals surface area (Å²) in [5.41, 5.74) is 5.23. The zero-order valence-electron chi connectivity index (χ0n) is 14.4. The number of amides is 2. The molecule has 2 heterocycles. The topological polar surface area (TPSA) is 200 Å². The third-order valence-electron chi connectivity index (χ3n) is 3.41.